The van der Waals surface area contributed by atoms with Crippen molar-refractivity contribution in [3.63, 3.8) is 0 Å². The predicted octanol–water partition coefficient (Wildman–Crippen LogP) is 2.68. The number of alkyl halides is 3. The van der Waals surface area contributed by atoms with Gasteiger partial charge in [-0.25, -0.2) is 4.79 Å². The van der Waals surface area contributed by atoms with Gasteiger partial charge in [0.25, 0.3) is 0 Å². The van der Waals surface area contributed by atoms with Gasteiger partial charge in [-0.05, 0) is 33.1 Å². The Morgan fingerprint density at radius 3 is 2.50 bits per heavy atom. The number of hydrogen-bond donors (Lipinski definition) is 1. The summed E-state index contributed by atoms with van der Waals surface area (Å²) in [5.41, 5.74) is -0.670. The van der Waals surface area contributed by atoms with Crippen molar-refractivity contribution in [1.29, 1.82) is 5.26 Å². The van der Waals surface area contributed by atoms with E-state index in [9.17, 15) is 18.0 Å². The van der Waals surface area contributed by atoms with Gasteiger partial charge in [0.05, 0.1) is 12.6 Å². The molecule has 0 saturated carbocycles. The summed E-state index contributed by atoms with van der Waals surface area (Å²) in [5, 5.41) is 11.3. The van der Waals surface area contributed by atoms with Crippen LogP contribution in [0.4, 0.5) is 18.0 Å². The third-order valence-corrected chi connectivity index (χ3v) is 3.15. The van der Waals surface area contributed by atoms with E-state index in [1.54, 1.807) is 25.7 Å². The van der Waals surface area contributed by atoms with Crippen molar-refractivity contribution in [1.82, 2.24) is 10.2 Å². The van der Waals surface area contributed by atoms with Gasteiger partial charge in [0, 0.05) is 25.6 Å². The fourth-order valence-electron chi connectivity index (χ4n) is 2.59. The van der Waals surface area contributed by atoms with Crippen molar-refractivity contribution >= 4 is 6.09 Å². The first-order chi connectivity index (χ1) is 9.98. The zero-order valence-corrected chi connectivity index (χ0v) is 13.0. The summed E-state index contributed by atoms with van der Waals surface area (Å²) in [6, 6.07) is 1.48. The highest BCUT2D eigenvalue weighted by Gasteiger charge is 2.37. The number of alkyl carbamates (subject to hydrolysis) is 1. The van der Waals surface area contributed by atoms with Gasteiger partial charge < -0.3 is 10.1 Å². The van der Waals surface area contributed by atoms with Crippen molar-refractivity contribution in [3.05, 3.63) is 0 Å². The lowest BCUT2D eigenvalue weighted by Crippen LogP contribution is -2.52. The molecule has 1 N–H and O–H groups in total. The van der Waals surface area contributed by atoms with Crippen LogP contribution in [0.15, 0.2) is 0 Å². The molecule has 1 amide bonds. The lowest BCUT2D eigenvalue weighted by Gasteiger charge is -2.37. The number of halogens is 3. The summed E-state index contributed by atoms with van der Waals surface area (Å²) in [7, 11) is 0. The Bertz CT molecular complexity index is 427. The van der Waals surface area contributed by atoms with Crippen LogP contribution >= 0.6 is 0 Å². The molecular weight excluding hydrogens is 299 g/mol. The number of likely N-dealkylation sites (tertiary alicyclic amines) is 1. The van der Waals surface area contributed by atoms with Gasteiger partial charge in [-0.1, -0.05) is 0 Å². The van der Waals surface area contributed by atoms with Crippen molar-refractivity contribution in [2.45, 2.75) is 51.4 Å². The highest BCUT2D eigenvalue weighted by molar-refractivity contribution is 5.68. The van der Waals surface area contributed by atoms with Gasteiger partial charge in [-0.15, -0.1) is 0 Å². The first-order valence-electron chi connectivity index (χ1n) is 7.14. The number of hydrogen-bond acceptors (Lipinski definition) is 4. The van der Waals surface area contributed by atoms with Crippen molar-refractivity contribution in [2.75, 3.05) is 19.6 Å². The zero-order valence-electron chi connectivity index (χ0n) is 13.0. The molecule has 2 unspecified atom stereocenters. The minimum atomic E-state index is -4.25. The molecule has 1 aliphatic heterocycles. The van der Waals surface area contributed by atoms with Crippen molar-refractivity contribution in [3.8, 4) is 6.07 Å². The van der Waals surface area contributed by atoms with Crippen LogP contribution < -0.4 is 5.32 Å². The molecule has 0 aliphatic carbocycles. The molecule has 2 atom stereocenters. The highest BCUT2D eigenvalue weighted by Crippen LogP contribution is 2.30. The monoisotopic (exact) mass is 321 g/mol. The number of nitrogens with one attached hydrogen (secondary N) is 1. The van der Waals surface area contributed by atoms with E-state index < -0.39 is 36.3 Å². The second kappa shape index (κ2) is 7.18. The van der Waals surface area contributed by atoms with E-state index in [0.717, 1.165) is 0 Å². The van der Waals surface area contributed by atoms with E-state index in [4.69, 9.17) is 10.00 Å². The second-order valence-electron chi connectivity index (χ2n) is 6.62. The van der Waals surface area contributed by atoms with Crippen molar-refractivity contribution in [2.24, 2.45) is 5.92 Å². The second-order valence-corrected chi connectivity index (χ2v) is 6.62. The Kier molecular flexibility index (Phi) is 6.06. The van der Waals surface area contributed by atoms with Crippen LogP contribution in [-0.4, -0.2) is 48.4 Å². The van der Waals surface area contributed by atoms with Crippen LogP contribution in [0.5, 0.6) is 0 Å². The summed E-state index contributed by atoms with van der Waals surface area (Å²) in [6.45, 7) is 5.73. The Balaban J connectivity index is 2.64. The van der Waals surface area contributed by atoms with E-state index in [1.165, 1.54) is 0 Å². The van der Waals surface area contributed by atoms with Crippen LogP contribution in [-0.2, 0) is 4.74 Å². The van der Waals surface area contributed by atoms with Crippen LogP contribution in [0.1, 0.15) is 33.6 Å². The molecule has 0 aromatic heterocycles. The Morgan fingerprint density at radius 1 is 1.36 bits per heavy atom. The minimum Gasteiger partial charge on any atom is -0.444 e. The molecule has 0 spiro atoms. The molecule has 126 valence electrons. The van der Waals surface area contributed by atoms with Crippen LogP contribution in [0.3, 0.4) is 0 Å². The molecule has 8 heteroatoms. The maximum Gasteiger partial charge on any atom is 0.407 e. The summed E-state index contributed by atoms with van der Waals surface area (Å²) < 4.78 is 42.8. The van der Waals surface area contributed by atoms with E-state index >= 15 is 0 Å². The van der Waals surface area contributed by atoms with Gasteiger partial charge in [0.1, 0.15) is 5.60 Å². The molecule has 1 aliphatic rings. The number of amides is 1. The highest BCUT2D eigenvalue weighted by atomic mass is 19.4. The molecule has 1 heterocycles. The summed E-state index contributed by atoms with van der Waals surface area (Å²) in [6.07, 6.45) is -5.60. The maximum atomic E-state index is 12.6. The molecule has 0 radical (unpaired) electrons. The number of carbonyl (C=O) groups is 1. The smallest absolute Gasteiger partial charge is 0.407 e. The molecule has 0 bridgehead atoms. The Hall–Kier alpha value is -1.49. The van der Waals surface area contributed by atoms with Gasteiger partial charge in [0.15, 0.2) is 0 Å². The Labute approximate surface area is 128 Å². The minimum absolute atomic E-state index is 0.0425. The van der Waals surface area contributed by atoms with Crippen LogP contribution in [0, 0.1) is 17.2 Å². The van der Waals surface area contributed by atoms with E-state index in [2.05, 4.69) is 5.32 Å². The Morgan fingerprint density at radius 2 is 2.00 bits per heavy atom. The third-order valence-electron chi connectivity index (χ3n) is 3.15. The first kappa shape index (κ1) is 18.6. The lowest BCUT2D eigenvalue weighted by molar-refractivity contribution is -0.148. The fraction of sp³-hybridized carbons (Fsp3) is 0.857. The number of rotatable bonds is 3. The van der Waals surface area contributed by atoms with Gasteiger partial charge in [-0.3, -0.25) is 4.90 Å². The number of nitriles is 1. The predicted molar refractivity (Wildman–Crippen MR) is 74.0 cm³/mol. The summed E-state index contributed by atoms with van der Waals surface area (Å²) >= 11 is 0. The quantitative estimate of drug-likeness (QED) is 0.812. The number of piperidine rings is 1. The van der Waals surface area contributed by atoms with E-state index in [0.29, 0.717) is 6.54 Å². The van der Waals surface area contributed by atoms with Gasteiger partial charge in [-0.2, -0.15) is 18.4 Å². The average molecular weight is 321 g/mol. The lowest BCUT2D eigenvalue weighted by atomic mass is 9.91. The topological polar surface area (TPSA) is 65.4 Å². The maximum absolute atomic E-state index is 12.6. The molecular formula is C14H22F3N3O2. The molecule has 1 fully saturated rings. The number of nitrogens with zero attached hydrogens (tertiary/aromatic N) is 2. The first-order valence-corrected chi connectivity index (χ1v) is 7.14. The molecule has 1 rings (SSSR count). The van der Waals surface area contributed by atoms with E-state index in [1.807, 2.05) is 6.07 Å². The van der Waals surface area contributed by atoms with Crippen molar-refractivity contribution < 1.29 is 22.7 Å². The average Bonchev–Trinajstić information content (AvgIpc) is 2.22. The van der Waals surface area contributed by atoms with Gasteiger partial charge >= 0.3 is 12.3 Å². The zero-order chi connectivity index (χ0) is 17.0. The van der Waals surface area contributed by atoms with Crippen LogP contribution in [0.25, 0.3) is 0 Å². The third kappa shape index (κ3) is 7.50. The fourth-order valence-corrected chi connectivity index (χ4v) is 2.59. The normalized spacial score (nSPS) is 23.7. The summed E-state index contributed by atoms with van der Waals surface area (Å²) in [5.74, 6) is -0.637. The largest absolute Gasteiger partial charge is 0.444 e. The molecule has 1 saturated heterocycles. The SMILES string of the molecule is CC(C)(C)OC(=O)NC1CC(CC(F)(F)F)CN(CC#N)C1. The van der Waals surface area contributed by atoms with E-state index in [-0.39, 0.29) is 19.5 Å². The standard InChI is InChI=1S/C14H22F3N3O2/c1-13(2,3)22-12(21)19-11-6-10(7-14(15,16)17)8-20(9-11)5-4-18/h10-11H,5-9H2,1-3H3,(H,19,21). The van der Waals surface area contributed by atoms with Crippen LogP contribution in [0.2, 0.25) is 0 Å². The molecule has 0 aromatic carbocycles. The molecule has 0 aromatic rings. The summed E-state index contributed by atoms with van der Waals surface area (Å²) in [4.78, 5) is 13.4. The molecule has 5 nitrogen and oxygen atoms in total. The number of ether oxygens (including phenoxy) is 1. The number of carbonyl (C=O) groups excluding carboxylic acids is 1. The van der Waals surface area contributed by atoms with Gasteiger partial charge in [0.2, 0.25) is 0 Å². The molecule has 22 heavy (non-hydrogen) atoms.